The highest BCUT2D eigenvalue weighted by Crippen LogP contribution is 2.17. The summed E-state index contributed by atoms with van der Waals surface area (Å²) in [5, 5.41) is 8.99. The van der Waals surface area contributed by atoms with Gasteiger partial charge >= 0.3 is 0 Å². The third-order valence-electron chi connectivity index (χ3n) is 3.52. The lowest BCUT2D eigenvalue weighted by Gasteiger charge is -2.26. The number of aryl methyl sites for hydroxylation is 1. The van der Waals surface area contributed by atoms with E-state index in [1.54, 1.807) is 13.0 Å². The van der Waals surface area contributed by atoms with Crippen molar-refractivity contribution in [2.75, 3.05) is 6.54 Å². The zero-order chi connectivity index (χ0) is 14.1. The molecule has 0 spiro atoms. The van der Waals surface area contributed by atoms with Crippen LogP contribution in [0.3, 0.4) is 0 Å². The van der Waals surface area contributed by atoms with Crippen LogP contribution in [0, 0.1) is 6.92 Å². The van der Waals surface area contributed by atoms with Gasteiger partial charge in [0.25, 0.3) is 5.56 Å². The fourth-order valence-corrected chi connectivity index (χ4v) is 2.55. The van der Waals surface area contributed by atoms with Gasteiger partial charge in [-0.15, -0.1) is 0 Å². The molecular weight excluding hydrogens is 258 g/mol. The Hall–Kier alpha value is -1.92. The maximum Gasteiger partial charge on any atom is 0.255 e. The second kappa shape index (κ2) is 5.22. The van der Waals surface area contributed by atoms with Gasteiger partial charge in [0.05, 0.1) is 17.8 Å². The maximum atomic E-state index is 12.0. The Morgan fingerprint density at radius 3 is 3.00 bits per heavy atom. The number of hydrogen-bond acceptors (Lipinski definition) is 5. The minimum Gasteiger partial charge on any atom is -0.462 e. The van der Waals surface area contributed by atoms with Gasteiger partial charge < -0.3 is 14.5 Å². The van der Waals surface area contributed by atoms with Crippen molar-refractivity contribution in [1.29, 1.82) is 0 Å². The Kier molecular flexibility index (Phi) is 3.42. The monoisotopic (exact) mass is 275 g/mol. The maximum absolute atomic E-state index is 12.0. The largest absolute Gasteiger partial charge is 0.462 e. The van der Waals surface area contributed by atoms with Gasteiger partial charge in [-0.25, -0.2) is 4.98 Å². The van der Waals surface area contributed by atoms with Crippen molar-refractivity contribution in [2.45, 2.75) is 33.0 Å². The molecule has 3 rings (SSSR count). The molecule has 0 aliphatic carbocycles. The molecule has 20 heavy (non-hydrogen) atoms. The second-order valence-electron chi connectivity index (χ2n) is 5.06. The average Bonchev–Trinajstić information content (AvgIpc) is 2.87. The predicted octanol–water partition coefficient (Wildman–Crippen LogP) is 0.722. The van der Waals surface area contributed by atoms with Crippen LogP contribution in [0.2, 0.25) is 0 Å². The number of aliphatic hydroxyl groups excluding tert-OH is 1. The SMILES string of the molecule is Cc1nc2c(c(=O)[nH]1)CN(Cc1ccc(CO)o1)CC2. The average molecular weight is 275 g/mol. The van der Waals surface area contributed by atoms with Gasteiger partial charge in [0.15, 0.2) is 0 Å². The number of H-pyrrole nitrogens is 1. The molecule has 0 fully saturated rings. The van der Waals surface area contributed by atoms with E-state index in [1.807, 2.05) is 6.07 Å². The summed E-state index contributed by atoms with van der Waals surface area (Å²) in [6.45, 7) is 3.76. The van der Waals surface area contributed by atoms with E-state index in [1.165, 1.54) is 0 Å². The van der Waals surface area contributed by atoms with Crippen LogP contribution < -0.4 is 5.56 Å². The van der Waals surface area contributed by atoms with Crippen molar-refractivity contribution in [3.8, 4) is 0 Å². The normalized spacial score (nSPS) is 15.3. The highest BCUT2D eigenvalue weighted by Gasteiger charge is 2.21. The lowest BCUT2D eigenvalue weighted by Crippen LogP contribution is -2.35. The molecule has 6 nitrogen and oxygen atoms in total. The van der Waals surface area contributed by atoms with E-state index < -0.39 is 0 Å². The Labute approximate surface area is 116 Å². The van der Waals surface area contributed by atoms with Crippen LogP contribution in [0.15, 0.2) is 21.3 Å². The van der Waals surface area contributed by atoms with Gasteiger partial charge in [-0.2, -0.15) is 0 Å². The fourth-order valence-electron chi connectivity index (χ4n) is 2.55. The highest BCUT2D eigenvalue weighted by molar-refractivity contribution is 5.21. The number of nitrogens with zero attached hydrogens (tertiary/aromatic N) is 2. The van der Waals surface area contributed by atoms with Crippen LogP contribution in [-0.2, 0) is 26.1 Å². The highest BCUT2D eigenvalue weighted by atomic mass is 16.4. The number of nitrogens with one attached hydrogen (secondary N) is 1. The minimum atomic E-state index is -0.0916. The summed E-state index contributed by atoms with van der Waals surface area (Å²) in [7, 11) is 0. The molecule has 0 bridgehead atoms. The summed E-state index contributed by atoms with van der Waals surface area (Å²) in [4.78, 5) is 21.2. The van der Waals surface area contributed by atoms with Gasteiger partial charge in [-0.3, -0.25) is 9.69 Å². The number of fused-ring (bicyclic) bond motifs is 1. The predicted molar refractivity (Wildman–Crippen MR) is 72.0 cm³/mol. The third kappa shape index (κ3) is 2.52. The summed E-state index contributed by atoms with van der Waals surface area (Å²) in [5.41, 5.74) is 1.60. The lowest BCUT2D eigenvalue weighted by atomic mass is 10.1. The molecule has 0 saturated heterocycles. The quantitative estimate of drug-likeness (QED) is 0.862. The molecule has 106 valence electrons. The van der Waals surface area contributed by atoms with Crippen LogP contribution in [-0.4, -0.2) is 26.5 Å². The number of rotatable bonds is 3. The number of aliphatic hydroxyl groups is 1. The van der Waals surface area contributed by atoms with Crippen molar-refractivity contribution in [1.82, 2.24) is 14.9 Å². The topological polar surface area (TPSA) is 82.4 Å². The van der Waals surface area contributed by atoms with Gasteiger partial charge in [0, 0.05) is 19.5 Å². The Morgan fingerprint density at radius 2 is 2.25 bits per heavy atom. The van der Waals surface area contributed by atoms with Gasteiger partial charge in [0.1, 0.15) is 24.0 Å². The summed E-state index contributed by atoms with van der Waals surface area (Å²) in [6.07, 6.45) is 0.771. The first-order chi connectivity index (χ1) is 9.65. The molecule has 0 unspecified atom stereocenters. The first-order valence-electron chi connectivity index (χ1n) is 6.65. The van der Waals surface area contributed by atoms with Crippen molar-refractivity contribution in [2.24, 2.45) is 0 Å². The molecule has 2 aromatic heterocycles. The molecule has 0 amide bonds. The number of aromatic amines is 1. The summed E-state index contributed by atoms with van der Waals surface area (Å²) in [6, 6.07) is 3.63. The van der Waals surface area contributed by atoms with Crippen LogP contribution >= 0.6 is 0 Å². The van der Waals surface area contributed by atoms with E-state index in [-0.39, 0.29) is 12.2 Å². The van der Waals surface area contributed by atoms with Crippen molar-refractivity contribution < 1.29 is 9.52 Å². The van der Waals surface area contributed by atoms with Crippen molar-refractivity contribution in [3.05, 3.63) is 51.1 Å². The molecule has 3 heterocycles. The Bertz CT molecular complexity index is 675. The van der Waals surface area contributed by atoms with E-state index in [0.717, 1.165) is 30.0 Å². The molecule has 2 aromatic rings. The third-order valence-corrected chi connectivity index (χ3v) is 3.52. The van der Waals surface area contributed by atoms with E-state index in [4.69, 9.17) is 9.52 Å². The molecule has 1 aliphatic rings. The summed E-state index contributed by atoms with van der Waals surface area (Å²) >= 11 is 0. The Morgan fingerprint density at radius 1 is 1.45 bits per heavy atom. The van der Waals surface area contributed by atoms with E-state index in [2.05, 4.69) is 14.9 Å². The zero-order valence-electron chi connectivity index (χ0n) is 11.3. The minimum absolute atomic E-state index is 0.0484. The molecule has 0 saturated carbocycles. The molecule has 2 N–H and O–H groups in total. The molecule has 0 atom stereocenters. The fraction of sp³-hybridized carbons (Fsp3) is 0.429. The van der Waals surface area contributed by atoms with Gasteiger partial charge in [-0.1, -0.05) is 0 Å². The van der Waals surface area contributed by atoms with Crippen LogP contribution in [0.4, 0.5) is 0 Å². The molecular formula is C14H17N3O3. The molecule has 0 radical (unpaired) electrons. The standard InChI is InChI=1S/C14H17N3O3/c1-9-15-13-4-5-17(7-12(13)14(19)16-9)6-10-2-3-11(8-18)20-10/h2-3,18H,4-8H2,1H3,(H,15,16,19). The van der Waals surface area contributed by atoms with Gasteiger partial charge in [-0.05, 0) is 19.1 Å². The van der Waals surface area contributed by atoms with E-state index >= 15 is 0 Å². The lowest BCUT2D eigenvalue weighted by molar-refractivity contribution is 0.206. The number of furan rings is 1. The van der Waals surface area contributed by atoms with Crippen molar-refractivity contribution >= 4 is 0 Å². The summed E-state index contributed by atoms with van der Waals surface area (Å²) in [5.74, 6) is 2.03. The molecule has 1 aliphatic heterocycles. The van der Waals surface area contributed by atoms with Crippen LogP contribution in [0.25, 0.3) is 0 Å². The number of hydrogen-bond donors (Lipinski definition) is 2. The smallest absolute Gasteiger partial charge is 0.255 e. The number of aromatic nitrogens is 2. The van der Waals surface area contributed by atoms with Gasteiger partial charge in [0.2, 0.25) is 0 Å². The summed E-state index contributed by atoms with van der Waals surface area (Å²) < 4.78 is 5.48. The Balaban J connectivity index is 1.77. The second-order valence-corrected chi connectivity index (χ2v) is 5.06. The van der Waals surface area contributed by atoms with Crippen LogP contribution in [0.5, 0.6) is 0 Å². The zero-order valence-corrected chi connectivity index (χ0v) is 11.3. The van der Waals surface area contributed by atoms with Crippen molar-refractivity contribution in [3.63, 3.8) is 0 Å². The van der Waals surface area contributed by atoms with E-state index in [0.29, 0.717) is 24.7 Å². The molecule has 0 aromatic carbocycles. The first-order valence-corrected chi connectivity index (χ1v) is 6.65. The molecule has 6 heteroatoms. The van der Waals surface area contributed by atoms with Crippen LogP contribution in [0.1, 0.15) is 28.6 Å². The van der Waals surface area contributed by atoms with E-state index in [9.17, 15) is 4.79 Å². The first kappa shape index (κ1) is 13.1.